The Morgan fingerprint density at radius 2 is 2.40 bits per heavy atom. The quantitative estimate of drug-likeness (QED) is 0.640. The second-order valence-electron chi connectivity index (χ2n) is 2.93. The Balaban J connectivity index is 2.02. The van der Waals surface area contributed by atoms with Gasteiger partial charge in [0.05, 0.1) is 0 Å². The molecule has 0 radical (unpaired) electrons. The van der Waals surface area contributed by atoms with Crippen molar-refractivity contribution in [1.29, 1.82) is 0 Å². The fourth-order valence-corrected chi connectivity index (χ4v) is 1.43. The molecule has 0 amide bonds. The van der Waals surface area contributed by atoms with Crippen LogP contribution in [0.15, 0.2) is 0 Å². The van der Waals surface area contributed by atoms with Crippen LogP contribution in [0.4, 0.5) is 0 Å². The maximum atomic E-state index is 5.00. The van der Waals surface area contributed by atoms with E-state index in [1.165, 1.54) is 32.2 Å². The maximum Gasteiger partial charge on any atom is 0.0477 e. The van der Waals surface area contributed by atoms with Crippen LogP contribution in [-0.4, -0.2) is 26.3 Å². The van der Waals surface area contributed by atoms with Crippen LogP contribution in [-0.2, 0) is 4.74 Å². The molecule has 0 saturated carbocycles. The Kier molecular flexibility index (Phi) is 3.76. The maximum absolute atomic E-state index is 5.00. The first kappa shape index (κ1) is 8.02. The predicted octanol–water partition coefficient (Wildman–Crippen LogP) is 1.17. The van der Waals surface area contributed by atoms with Gasteiger partial charge in [0.15, 0.2) is 0 Å². The van der Waals surface area contributed by atoms with Crippen molar-refractivity contribution in [2.75, 3.05) is 20.3 Å². The summed E-state index contributed by atoms with van der Waals surface area (Å²) in [5, 5.41) is 3.47. The van der Waals surface area contributed by atoms with Gasteiger partial charge in [0, 0.05) is 19.8 Å². The minimum atomic E-state index is 0.730. The van der Waals surface area contributed by atoms with Gasteiger partial charge in [-0.2, -0.15) is 0 Å². The molecule has 2 nitrogen and oxygen atoms in total. The lowest BCUT2D eigenvalue weighted by atomic mass is 10.0. The largest absolute Gasteiger partial charge is 0.385 e. The molecule has 1 saturated heterocycles. The van der Waals surface area contributed by atoms with Gasteiger partial charge in [0.25, 0.3) is 0 Å². The van der Waals surface area contributed by atoms with E-state index in [9.17, 15) is 0 Å². The second-order valence-corrected chi connectivity index (χ2v) is 2.93. The lowest BCUT2D eigenvalue weighted by molar-refractivity contribution is 0.177. The summed E-state index contributed by atoms with van der Waals surface area (Å²) in [6.07, 6.45) is 5.25. The first-order valence-corrected chi connectivity index (χ1v) is 4.16. The SMILES string of the molecule is COCC[C@@H]1CCCCN1. The molecular weight excluding hydrogens is 126 g/mol. The minimum absolute atomic E-state index is 0.730. The zero-order chi connectivity index (χ0) is 7.23. The highest BCUT2D eigenvalue weighted by Crippen LogP contribution is 2.09. The lowest BCUT2D eigenvalue weighted by Gasteiger charge is -2.22. The van der Waals surface area contributed by atoms with Crippen LogP contribution in [0, 0.1) is 0 Å². The van der Waals surface area contributed by atoms with Crippen molar-refractivity contribution < 1.29 is 4.74 Å². The van der Waals surface area contributed by atoms with Crippen molar-refractivity contribution in [3.8, 4) is 0 Å². The minimum Gasteiger partial charge on any atom is -0.385 e. The van der Waals surface area contributed by atoms with Gasteiger partial charge in [-0.05, 0) is 25.8 Å². The second kappa shape index (κ2) is 4.69. The van der Waals surface area contributed by atoms with Crippen molar-refractivity contribution in [3.05, 3.63) is 0 Å². The molecule has 0 spiro atoms. The molecule has 1 aliphatic heterocycles. The van der Waals surface area contributed by atoms with Crippen molar-refractivity contribution >= 4 is 0 Å². The van der Waals surface area contributed by atoms with E-state index in [2.05, 4.69) is 5.32 Å². The van der Waals surface area contributed by atoms with Crippen LogP contribution in [0.3, 0.4) is 0 Å². The number of rotatable bonds is 3. The number of ether oxygens (including phenoxy) is 1. The Morgan fingerprint density at radius 1 is 1.50 bits per heavy atom. The third-order valence-electron chi connectivity index (χ3n) is 2.08. The van der Waals surface area contributed by atoms with Crippen LogP contribution in [0.25, 0.3) is 0 Å². The molecule has 0 unspecified atom stereocenters. The molecule has 0 aromatic carbocycles. The van der Waals surface area contributed by atoms with Crippen LogP contribution < -0.4 is 5.32 Å². The molecule has 10 heavy (non-hydrogen) atoms. The van der Waals surface area contributed by atoms with Crippen LogP contribution >= 0.6 is 0 Å². The summed E-state index contributed by atoms with van der Waals surface area (Å²) in [6, 6.07) is 0.730. The molecule has 0 bridgehead atoms. The molecule has 2 heteroatoms. The van der Waals surface area contributed by atoms with Gasteiger partial charge in [-0.15, -0.1) is 0 Å². The summed E-state index contributed by atoms with van der Waals surface area (Å²) < 4.78 is 5.00. The van der Waals surface area contributed by atoms with Gasteiger partial charge in [-0.25, -0.2) is 0 Å². The van der Waals surface area contributed by atoms with E-state index in [0.29, 0.717) is 0 Å². The Morgan fingerprint density at radius 3 is 3.00 bits per heavy atom. The summed E-state index contributed by atoms with van der Waals surface area (Å²) in [5.41, 5.74) is 0. The lowest BCUT2D eigenvalue weighted by Crippen LogP contribution is -2.34. The van der Waals surface area contributed by atoms with Crippen molar-refractivity contribution in [2.24, 2.45) is 0 Å². The van der Waals surface area contributed by atoms with Crippen LogP contribution in [0.1, 0.15) is 25.7 Å². The van der Waals surface area contributed by atoms with Gasteiger partial charge < -0.3 is 10.1 Å². The van der Waals surface area contributed by atoms with Gasteiger partial charge in [0.2, 0.25) is 0 Å². The zero-order valence-electron chi connectivity index (χ0n) is 6.73. The van der Waals surface area contributed by atoms with E-state index in [-0.39, 0.29) is 0 Å². The summed E-state index contributed by atoms with van der Waals surface area (Å²) in [4.78, 5) is 0. The Bertz CT molecular complexity index is 79.3. The van der Waals surface area contributed by atoms with Gasteiger partial charge in [-0.3, -0.25) is 0 Å². The van der Waals surface area contributed by atoms with E-state index in [0.717, 1.165) is 12.6 Å². The predicted molar refractivity (Wildman–Crippen MR) is 42.1 cm³/mol. The number of methoxy groups -OCH3 is 1. The standard InChI is InChI=1S/C8H17NO/c1-10-7-5-8-4-2-3-6-9-8/h8-9H,2-7H2,1H3/t8-/m0/s1. The molecule has 0 aliphatic carbocycles. The molecule has 1 heterocycles. The molecule has 1 atom stereocenters. The molecular formula is C8H17NO. The number of hydrogen-bond acceptors (Lipinski definition) is 2. The summed E-state index contributed by atoms with van der Waals surface area (Å²) in [5.74, 6) is 0. The summed E-state index contributed by atoms with van der Waals surface area (Å²) in [7, 11) is 1.77. The average Bonchev–Trinajstić information content (AvgIpc) is 2.03. The normalized spacial score (nSPS) is 26.7. The number of piperidine rings is 1. The fraction of sp³-hybridized carbons (Fsp3) is 1.00. The van der Waals surface area contributed by atoms with Gasteiger partial charge in [0.1, 0.15) is 0 Å². The van der Waals surface area contributed by atoms with E-state index in [1.54, 1.807) is 7.11 Å². The molecule has 0 aromatic heterocycles. The first-order chi connectivity index (χ1) is 4.93. The van der Waals surface area contributed by atoms with Crippen molar-refractivity contribution in [3.63, 3.8) is 0 Å². The highest BCUT2D eigenvalue weighted by atomic mass is 16.5. The third-order valence-corrected chi connectivity index (χ3v) is 2.08. The zero-order valence-corrected chi connectivity index (χ0v) is 6.73. The monoisotopic (exact) mass is 143 g/mol. The van der Waals surface area contributed by atoms with E-state index < -0.39 is 0 Å². The molecule has 1 aliphatic rings. The Labute approximate surface area is 63.0 Å². The first-order valence-electron chi connectivity index (χ1n) is 4.16. The summed E-state index contributed by atoms with van der Waals surface area (Å²) >= 11 is 0. The Hall–Kier alpha value is -0.0800. The topological polar surface area (TPSA) is 21.3 Å². The van der Waals surface area contributed by atoms with Crippen LogP contribution in [0.5, 0.6) is 0 Å². The van der Waals surface area contributed by atoms with Gasteiger partial charge in [-0.1, -0.05) is 6.42 Å². The number of hydrogen-bond donors (Lipinski definition) is 1. The van der Waals surface area contributed by atoms with E-state index in [1.807, 2.05) is 0 Å². The van der Waals surface area contributed by atoms with Crippen molar-refractivity contribution in [1.82, 2.24) is 5.32 Å². The van der Waals surface area contributed by atoms with Crippen molar-refractivity contribution in [2.45, 2.75) is 31.7 Å². The van der Waals surface area contributed by atoms with Crippen LogP contribution in [0.2, 0.25) is 0 Å². The highest BCUT2D eigenvalue weighted by molar-refractivity contribution is 4.71. The molecule has 1 rings (SSSR count). The fourth-order valence-electron chi connectivity index (χ4n) is 1.43. The van der Waals surface area contributed by atoms with E-state index in [4.69, 9.17) is 4.74 Å². The van der Waals surface area contributed by atoms with E-state index >= 15 is 0 Å². The summed E-state index contributed by atoms with van der Waals surface area (Å²) in [6.45, 7) is 2.10. The number of nitrogens with one attached hydrogen (secondary N) is 1. The highest BCUT2D eigenvalue weighted by Gasteiger charge is 2.10. The molecule has 1 N–H and O–H groups in total. The molecule has 1 fully saturated rings. The molecule has 60 valence electrons. The van der Waals surface area contributed by atoms with Gasteiger partial charge >= 0.3 is 0 Å². The smallest absolute Gasteiger partial charge is 0.0477 e. The molecule has 0 aromatic rings. The average molecular weight is 143 g/mol. The third kappa shape index (κ3) is 2.67.